The van der Waals surface area contributed by atoms with E-state index in [0.29, 0.717) is 23.4 Å². The third kappa shape index (κ3) is 3.53. The van der Waals surface area contributed by atoms with Crippen LogP contribution in [-0.4, -0.2) is 24.7 Å². The van der Waals surface area contributed by atoms with E-state index >= 15 is 0 Å². The molecule has 0 aliphatic carbocycles. The van der Waals surface area contributed by atoms with Gasteiger partial charge in [0.2, 0.25) is 0 Å². The number of hydrogen-bond donors (Lipinski definition) is 0. The third-order valence-electron chi connectivity index (χ3n) is 3.52. The van der Waals surface area contributed by atoms with E-state index in [1.807, 2.05) is 27.7 Å². The molecule has 0 N–H and O–H groups in total. The predicted molar refractivity (Wildman–Crippen MR) is 98.1 cm³/mol. The van der Waals surface area contributed by atoms with Gasteiger partial charge in [0, 0.05) is 22.0 Å². The molecule has 3 nitrogen and oxygen atoms in total. The molecule has 0 saturated carbocycles. The van der Waals surface area contributed by atoms with Gasteiger partial charge in [0.1, 0.15) is 28.2 Å². The summed E-state index contributed by atoms with van der Waals surface area (Å²) in [6.07, 6.45) is 0.542. The molecular weight excluding hydrogens is 416 g/mol. The highest BCUT2D eigenvalue weighted by atomic mass is 127. The van der Waals surface area contributed by atoms with Gasteiger partial charge in [-0.15, -0.1) is 0 Å². The van der Waals surface area contributed by atoms with Gasteiger partial charge in [0.25, 0.3) is 0 Å². The molecule has 2 atom stereocenters. The summed E-state index contributed by atoms with van der Waals surface area (Å²) in [6, 6.07) is 3.10. The molecular formula is C16H21FINO2S. The average Bonchev–Trinajstić information content (AvgIpc) is 2.77. The second kappa shape index (κ2) is 6.19. The molecule has 22 heavy (non-hydrogen) atoms. The van der Waals surface area contributed by atoms with Crippen LogP contribution in [-0.2, 0) is 17.4 Å². The first-order chi connectivity index (χ1) is 10.1. The summed E-state index contributed by atoms with van der Waals surface area (Å²) in [5.74, 6) is 0.295. The molecule has 2 rings (SSSR count). The standard InChI is InChI=1S/C16H21FINO2S/c1-10(19-22(20)15(2,3)4)11-6-7-13(17)12-8-16(5,9-18)21-14(11)12/h6-7H,8-9H2,1-5H3/t16?,22-/m1/s1. The summed E-state index contributed by atoms with van der Waals surface area (Å²) >= 11 is 2.25. The van der Waals surface area contributed by atoms with Gasteiger partial charge in [-0.3, -0.25) is 0 Å². The van der Waals surface area contributed by atoms with E-state index in [-0.39, 0.29) is 5.82 Å². The quantitative estimate of drug-likeness (QED) is 0.404. The normalized spacial score (nSPS) is 23.1. The first-order valence-electron chi connectivity index (χ1n) is 7.11. The molecule has 122 valence electrons. The highest BCUT2D eigenvalue weighted by Crippen LogP contribution is 2.40. The number of fused-ring (bicyclic) bond motifs is 1. The summed E-state index contributed by atoms with van der Waals surface area (Å²) in [5.41, 5.74) is 1.53. The van der Waals surface area contributed by atoms with Crippen molar-refractivity contribution in [2.24, 2.45) is 4.40 Å². The van der Waals surface area contributed by atoms with Crippen molar-refractivity contribution in [3.05, 3.63) is 29.1 Å². The molecule has 1 heterocycles. The zero-order chi connectivity index (χ0) is 16.7. The van der Waals surface area contributed by atoms with Crippen LogP contribution in [0.1, 0.15) is 45.7 Å². The number of hydrogen-bond acceptors (Lipinski definition) is 2. The SMILES string of the molecule is CC(=N[S@](=O)C(C)(C)C)c1ccc(F)c2c1OC(C)(CI)C2. The lowest BCUT2D eigenvalue weighted by Gasteiger charge is -2.21. The average molecular weight is 437 g/mol. The summed E-state index contributed by atoms with van der Waals surface area (Å²) in [5, 5.41) is 0. The number of benzene rings is 1. The molecule has 0 saturated heterocycles. The Morgan fingerprint density at radius 3 is 2.68 bits per heavy atom. The maximum Gasteiger partial charge on any atom is 0.145 e. The summed E-state index contributed by atoms with van der Waals surface area (Å²) in [6.45, 7) is 9.39. The lowest BCUT2D eigenvalue weighted by atomic mass is 9.99. The number of ether oxygens (including phenoxy) is 1. The van der Waals surface area contributed by atoms with Crippen molar-refractivity contribution in [3.63, 3.8) is 0 Å². The van der Waals surface area contributed by atoms with Crippen LogP contribution >= 0.6 is 22.6 Å². The summed E-state index contributed by atoms with van der Waals surface area (Å²) in [7, 11) is -1.35. The second-order valence-electron chi connectivity index (χ2n) is 6.80. The number of rotatable bonds is 3. The van der Waals surface area contributed by atoms with E-state index < -0.39 is 21.3 Å². The van der Waals surface area contributed by atoms with Gasteiger partial charge in [-0.05, 0) is 46.8 Å². The lowest BCUT2D eigenvalue weighted by Crippen LogP contribution is -2.32. The second-order valence-corrected chi connectivity index (χ2v) is 9.47. The van der Waals surface area contributed by atoms with Gasteiger partial charge in [0.05, 0.1) is 10.5 Å². The molecule has 1 aliphatic heterocycles. The predicted octanol–water partition coefficient (Wildman–Crippen LogP) is 4.23. The van der Waals surface area contributed by atoms with Crippen LogP contribution in [0.15, 0.2) is 16.5 Å². The molecule has 0 amide bonds. The van der Waals surface area contributed by atoms with E-state index in [4.69, 9.17) is 4.74 Å². The van der Waals surface area contributed by atoms with Gasteiger partial charge in [-0.25, -0.2) is 8.60 Å². The smallest absolute Gasteiger partial charge is 0.145 e. The minimum absolute atomic E-state index is 0.253. The highest BCUT2D eigenvalue weighted by molar-refractivity contribution is 14.1. The third-order valence-corrected chi connectivity index (χ3v) is 6.62. The summed E-state index contributed by atoms with van der Waals surface area (Å²) < 4.78 is 36.9. The van der Waals surface area contributed by atoms with E-state index in [0.717, 1.165) is 9.99 Å². The van der Waals surface area contributed by atoms with Crippen LogP contribution in [0, 0.1) is 5.82 Å². The van der Waals surface area contributed by atoms with Gasteiger partial charge < -0.3 is 4.74 Å². The Morgan fingerprint density at radius 1 is 1.50 bits per heavy atom. The minimum atomic E-state index is -1.35. The van der Waals surface area contributed by atoms with Crippen molar-refractivity contribution in [1.29, 1.82) is 0 Å². The first-order valence-corrected chi connectivity index (χ1v) is 9.75. The van der Waals surface area contributed by atoms with Crippen molar-refractivity contribution < 1.29 is 13.3 Å². The zero-order valence-electron chi connectivity index (χ0n) is 13.5. The van der Waals surface area contributed by atoms with Crippen LogP contribution in [0.3, 0.4) is 0 Å². The fourth-order valence-electron chi connectivity index (χ4n) is 2.21. The molecule has 0 bridgehead atoms. The molecule has 0 radical (unpaired) electrons. The Morgan fingerprint density at radius 2 is 2.14 bits per heavy atom. The Balaban J connectivity index is 2.46. The Labute approximate surface area is 147 Å². The van der Waals surface area contributed by atoms with Gasteiger partial charge in [-0.1, -0.05) is 22.6 Å². The van der Waals surface area contributed by atoms with Gasteiger partial charge in [-0.2, -0.15) is 4.40 Å². The molecule has 0 spiro atoms. The number of alkyl halides is 1. The molecule has 1 aromatic carbocycles. The van der Waals surface area contributed by atoms with Crippen molar-refractivity contribution in [1.82, 2.24) is 0 Å². The zero-order valence-corrected chi connectivity index (χ0v) is 16.5. The topological polar surface area (TPSA) is 38.7 Å². The highest BCUT2D eigenvalue weighted by Gasteiger charge is 2.37. The lowest BCUT2D eigenvalue weighted by molar-refractivity contribution is 0.147. The van der Waals surface area contributed by atoms with Gasteiger partial charge in [0.15, 0.2) is 0 Å². The largest absolute Gasteiger partial charge is 0.485 e. The molecule has 1 unspecified atom stereocenters. The fraction of sp³-hybridized carbons (Fsp3) is 0.562. The first kappa shape index (κ1) is 17.8. The Hall–Kier alpha value is -0.500. The van der Waals surface area contributed by atoms with Crippen molar-refractivity contribution >= 4 is 39.3 Å². The Bertz CT molecular complexity index is 654. The monoisotopic (exact) mass is 437 g/mol. The van der Waals surface area contributed by atoms with Crippen LogP contribution < -0.4 is 4.74 Å². The molecule has 0 fully saturated rings. The Kier molecular flexibility index (Phi) is 5.02. The number of nitrogens with zero attached hydrogens (tertiary/aromatic N) is 1. The van der Waals surface area contributed by atoms with Crippen molar-refractivity contribution in [2.45, 2.75) is 51.4 Å². The van der Waals surface area contributed by atoms with E-state index in [9.17, 15) is 8.60 Å². The van der Waals surface area contributed by atoms with Crippen LogP contribution in [0.5, 0.6) is 5.75 Å². The minimum Gasteiger partial charge on any atom is -0.485 e. The van der Waals surface area contributed by atoms with Crippen molar-refractivity contribution in [3.8, 4) is 5.75 Å². The number of halogens is 2. The molecule has 0 aromatic heterocycles. The maximum atomic E-state index is 14.1. The van der Waals surface area contributed by atoms with E-state index in [1.54, 1.807) is 13.0 Å². The summed E-state index contributed by atoms with van der Waals surface area (Å²) in [4.78, 5) is 0. The van der Waals surface area contributed by atoms with Gasteiger partial charge >= 0.3 is 0 Å². The fourth-order valence-corrected chi connectivity index (χ4v) is 3.26. The molecule has 1 aromatic rings. The molecule has 6 heteroatoms. The van der Waals surface area contributed by atoms with Crippen LogP contribution in [0.25, 0.3) is 0 Å². The maximum absolute atomic E-state index is 14.1. The van der Waals surface area contributed by atoms with E-state index in [2.05, 4.69) is 27.0 Å². The van der Waals surface area contributed by atoms with Crippen LogP contribution in [0.4, 0.5) is 4.39 Å². The van der Waals surface area contributed by atoms with Crippen molar-refractivity contribution in [2.75, 3.05) is 4.43 Å². The molecule has 1 aliphatic rings. The van der Waals surface area contributed by atoms with Crippen LogP contribution in [0.2, 0.25) is 0 Å². The van der Waals surface area contributed by atoms with E-state index in [1.165, 1.54) is 6.07 Å².